The SMILES string of the molecule is CCCCCCCCCCCCCCCCCC(=O)NCCOCCOCCOCCOCCOCCC(=O)NCCCCCO[C@]1(C(=O)O)C[C@H](O)[C@@H](NC(C)=O)[C@H]([C@H](O)[C@H](O)CO)O1. The Bertz CT molecular complexity index is 1220. The van der Waals surface area contributed by atoms with Gasteiger partial charge in [0, 0.05) is 39.3 Å². The molecule has 1 aliphatic rings. The summed E-state index contributed by atoms with van der Waals surface area (Å²) in [6.45, 7) is 7.25. The standard InChI is InChI=1S/C47H89N3O16/c1-3-4-5-6-7-8-9-10-11-12-13-14-15-16-18-21-41(55)49-24-27-61-29-31-63-33-35-64-34-32-62-30-28-60-26-22-42(56)48-23-19-17-20-25-65-47(46(58)59)36-39(53)43(50-38(2)52)45(66-47)44(57)40(54)37-51/h39-40,43-45,51,53-54,57H,3-37H2,1-2H3,(H,48,56)(H,49,55)(H,50,52)(H,58,59)/t39-,40+,43+,44+,45+,47+/m0/s1. The van der Waals surface area contributed by atoms with Crippen LogP contribution >= 0.6 is 0 Å². The molecule has 19 heteroatoms. The third-order valence-corrected chi connectivity index (χ3v) is 11.2. The molecular weight excluding hydrogens is 863 g/mol. The van der Waals surface area contributed by atoms with Crippen molar-refractivity contribution in [2.45, 2.75) is 185 Å². The lowest BCUT2D eigenvalue weighted by Crippen LogP contribution is -2.67. The summed E-state index contributed by atoms with van der Waals surface area (Å²) in [6, 6.07) is -1.27. The average molecular weight is 952 g/mol. The summed E-state index contributed by atoms with van der Waals surface area (Å²) < 4.78 is 38.6. The van der Waals surface area contributed by atoms with E-state index in [2.05, 4.69) is 22.9 Å². The molecule has 3 amide bonds. The van der Waals surface area contributed by atoms with Gasteiger partial charge in [-0.15, -0.1) is 0 Å². The molecule has 66 heavy (non-hydrogen) atoms. The Labute approximate surface area is 394 Å². The molecule has 19 nitrogen and oxygen atoms in total. The third kappa shape index (κ3) is 31.5. The Hall–Kier alpha value is -2.56. The zero-order valence-electron chi connectivity index (χ0n) is 40.4. The third-order valence-electron chi connectivity index (χ3n) is 11.2. The highest BCUT2D eigenvalue weighted by Crippen LogP contribution is 2.34. The lowest BCUT2D eigenvalue weighted by atomic mass is 9.88. The first kappa shape index (κ1) is 61.5. The van der Waals surface area contributed by atoms with E-state index < -0.39 is 61.1 Å². The fraction of sp³-hybridized carbons (Fsp3) is 0.915. The van der Waals surface area contributed by atoms with Crippen molar-refractivity contribution in [2.24, 2.45) is 0 Å². The van der Waals surface area contributed by atoms with Gasteiger partial charge in [0.2, 0.25) is 17.7 Å². The fourth-order valence-corrected chi connectivity index (χ4v) is 7.39. The monoisotopic (exact) mass is 952 g/mol. The second kappa shape index (κ2) is 41.4. The Morgan fingerprint density at radius 2 is 1.06 bits per heavy atom. The van der Waals surface area contributed by atoms with Crippen molar-refractivity contribution in [3.63, 3.8) is 0 Å². The Morgan fingerprint density at radius 3 is 1.56 bits per heavy atom. The van der Waals surface area contributed by atoms with Gasteiger partial charge in [-0.3, -0.25) is 14.4 Å². The van der Waals surface area contributed by atoms with Gasteiger partial charge in [-0.1, -0.05) is 96.8 Å². The molecule has 1 rings (SSSR count). The second-order valence-corrected chi connectivity index (χ2v) is 17.0. The van der Waals surface area contributed by atoms with Gasteiger partial charge in [-0.05, 0) is 25.7 Å². The number of carboxylic acid groups (broad SMARTS) is 1. The normalized spacial score (nSPS) is 19.3. The summed E-state index contributed by atoms with van der Waals surface area (Å²) in [7, 11) is 0. The van der Waals surface area contributed by atoms with Crippen LogP contribution in [-0.2, 0) is 52.3 Å². The zero-order valence-corrected chi connectivity index (χ0v) is 40.4. The number of carbonyl (C=O) groups is 4. The number of hydrogen-bond acceptors (Lipinski definition) is 15. The zero-order chi connectivity index (χ0) is 48.5. The minimum absolute atomic E-state index is 0.0868. The first-order chi connectivity index (χ1) is 32.0. The highest BCUT2D eigenvalue weighted by molar-refractivity contribution is 5.77. The van der Waals surface area contributed by atoms with E-state index in [9.17, 15) is 44.7 Å². The fourth-order valence-electron chi connectivity index (χ4n) is 7.39. The molecule has 1 saturated heterocycles. The quantitative estimate of drug-likeness (QED) is 0.0407. The van der Waals surface area contributed by atoms with Gasteiger partial charge in [0.1, 0.15) is 18.3 Å². The molecule has 1 fully saturated rings. The largest absolute Gasteiger partial charge is 0.477 e. The molecule has 0 unspecified atom stereocenters. The van der Waals surface area contributed by atoms with Crippen molar-refractivity contribution in [1.82, 2.24) is 16.0 Å². The molecule has 0 aromatic heterocycles. The number of aliphatic hydroxyl groups is 4. The smallest absolute Gasteiger partial charge is 0.364 e. The van der Waals surface area contributed by atoms with Gasteiger partial charge in [0.15, 0.2) is 0 Å². The lowest BCUT2D eigenvalue weighted by molar-refractivity contribution is -0.311. The minimum atomic E-state index is -2.37. The molecule has 0 saturated carbocycles. The number of ether oxygens (including phenoxy) is 7. The van der Waals surface area contributed by atoms with Crippen LogP contribution in [0, 0.1) is 0 Å². The number of rotatable bonds is 46. The van der Waals surface area contributed by atoms with E-state index in [0.29, 0.717) is 98.2 Å². The maximum Gasteiger partial charge on any atom is 0.364 e. The molecule has 0 aromatic rings. The molecule has 0 spiro atoms. The van der Waals surface area contributed by atoms with Crippen molar-refractivity contribution in [3.8, 4) is 0 Å². The van der Waals surface area contributed by atoms with Crippen molar-refractivity contribution in [2.75, 3.05) is 92.4 Å². The lowest BCUT2D eigenvalue weighted by Gasteiger charge is -2.46. The predicted molar refractivity (Wildman–Crippen MR) is 247 cm³/mol. The van der Waals surface area contributed by atoms with Crippen molar-refractivity contribution in [3.05, 3.63) is 0 Å². The Kier molecular flexibility index (Phi) is 38.6. The minimum Gasteiger partial charge on any atom is -0.477 e. The van der Waals surface area contributed by atoms with Crippen LogP contribution in [0.15, 0.2) is 0 Å². The molecule has 0 aromatic carbocycles. The molecule has 0 radical (unpaired) electrons. The van der Waals surface area contributed by atoms with Crippen LogP contribution in [0.5, 0.6) is 0 Å². The molecule has 388 valence electrons. The van der Waals surface area contributed by atoms with Gasteiger partial charge in [0.25, 0.3) is 5.79 Å². The number of carbonyl (C=O) groups excluding carboxylic acids is 3. The molecule has 1 aliphatic heterocycles. The van der Waals surface area contributed by atoms with Crippen molar-refractivity contribution in [1.29, 1.82) is 0 Å². The summed E-state index contributed by atoms with van der Waals surface area (Å²) in [5.41, 5.74) is 0. The van der Waals surface area contributed by atoms with E-state index in [1.54, 1.807) is 0 Å². The van der Waals surface area contributed by atoms with E-state index >= 15 is 0 Å². The summed E-state index contributed by atoms with van der Waals surface area (Å²) >= 11 is 0. The van der Waals surface area contributed by atoms with Crippen LogP contribution in [0.1, 0.15) is 149 Å². The van der Waals surface area contributed by atoms with Crippen LogP contribution in [0.2, 0.25) is 0 Å². The molecule has 8 N–H and O–H groups in total. The van der Waals surface area contributed by atoms with E-state index in [4.69, 9.17) is 33.2 Å². The molecular formula is C47H89N3O16. The summed E-state index contributed by atoms with van der Waals surface area (Å²) in [4.78, 5) is 48.1. The number of carboxylic acids is 1. The summed E-state index contributed by atoms with van der Waals surface area (Å²) in [5.74, 6) is -4.62. The van der Waals surface area contributed by atoms with Crippen molar-refractivity contribution < 1.29 is 77.9 Å². The van der Waals surface area contributed by atoms with Crippen molar-refractivity contribution >= 4 is 23.7 Å². The maximum atomic E-state index is 12.2. The first-order valence-corrected chi connectivity index (χ1v) is 24.9. The number of nitrogens with one attached hydrogen (secondary N) is 3. The van der Waals surface area contributed by atoms with E-state index in [-0.39, 0.29) is 31.4 Å². The highest BCUT2D eigenvalue weighted by Gasteiger charge is 2.55. The molecule has 1 heterocycles. The average Bonchev–Trinajstić information content (AvgIpc) is 3.29. The van der Waals surface area contributed by atoms with Gasteiger partial charge in [0.05, 0.1) is 91.4 Å². The number of unbranched alkanes of at least 4 members (excludes halogenated alkanes) is 16. The molecule has 0 bridgehead atoms. The predicted octanol–water partition coefficient (Wildman–Crippen LogP) is 3.29. The topological polar surface area (TPSA) is 270 Å². The van der Waals surface area contributed by atoms with Crippen LogP contribution in [0.4, 0.5) is 0 Å². The van der Waals surface area contributed by atoms with E-state index in [1.165, 1.54) is 83.5 Å². The number of aliphatic carboxylic acids is 1. The number of hydrogen-bond donors (Lipinski definition) is 8. The van der Waals surface area contributed by atoms with Crippen LogP contribution < -0.4 is 16.0 Å². The molecule has 0 aliphatic carbocycles. The van der Waals surface area contributed by atoms with Gasteiger partial charge >= 0.3 is 5.97 Å². The van der Waals surface area contributed by atoms with Gasteiger partial charge < -0.3 is 74.6 Å². The maximum absolute atomic E-state index is 12.2. The van der Waals surface area contributed by atoms with E-state index in [0.717, 1.165) is 19.8 Å². The summed E-state index contributed by atoms with van der Waals surface area (Å²) in [5, 5.41) is 58.4. The number of aliphatic hydroxyl groups excluding tert-OH is 4. The van der Waals surface area contributed by atoms with Crippen LogP contribution in [0.25, 0.3) is 0 Å². The number of amides is 3. The van der Waals surface area contributed by atoms with Gasteiger partial charge in [-0.2, -0.15) is 0 Å². The first-order valence-electron chi connectivity index (χ1n) is 24.9. The second-order valence-electron chi connectivity index (χ2n) is 17.0. The Morgan fingerprint density at radius 1 is 0.606 bits per heavy atom. The Balaban J connectivity index is 1.90. The van der Waals surface area contributed by atoms with Crippen LogP contribution in [-0.4, -0.2) is 178 Å². The summed E-state index contributed by atoms with van der Waals surface area (Å²) in [6.07, 6.45) is 14.6. The van der Waals surface area contributed by atoms with Crippen LogP contribution in [0.3, 0.4) is 0 Å². The molecule has 6 atom stereocenters. The highest BCUT2D eigenvalue weighted by atomic mass is 16.7. The van der Waals surface area contributed by atoms with Gasteiger partial charge in [-0.25, -0.2) is 4.79 Å². The van der Waals surface area contributed by atoms with E-state index in [1.807, 2.05) is 0 Å².